The third-order valence-corrected chi connectivity index (χ3v) is 3.32. The molecule has 2 heterocycles. The molecule has 2 aliphatic heterocycles. The second-order valence-corrected chi connectivity index (χ2v) is 4.52. The zero-order valence-corrected chi connectivity index (χ0v) is 7.77. The number of rotatable bonds is 2. The lowest BCUT2D eigenvalue weighted by Gasteiger charge is -2.25. The third-order valence-electron chi connectivity index (χ3n) is 2.38. The molecule has 2 atom stereocenters. The van der Waals surface area contributed by atoms with Crippen LogP contribution in [0.1, 0.15) is 6.92 Å². The fourth-order valence-electron chi connectivity index (χ4n) is 1.46. The van der Waals surface area contributed by atoms with E-state index in [2.05, 4.69) is 23.6 Å². The molecule has 64 valence electrons. The van der Waals surface area contributed by atoms with Crippen molar-refractivity contribution < 1.29 is 4.74 Å². The molecule has 0 N–H and O–H groups in total. The normalized spacial score (nSPS) is 39.0. The molecule has 2 aliphatic rings. The first kappa shape index (κ1) is 7.90. The van der Waals surface area contributed by atoms with Crippen LogP contribution in [0.3, 0.4) is 0 Å². The number of thioether (sulfide) groups is 1. The Morgan fingerprint density at radius 3 is 2.64 bits per heavy atom. The molecular weight excluding hydrogens is 158 g/mol. The van der Waals surface area contributed by atoms with Crippen LogP contribution in [0.15, 0.2) is 0 Å². The van der Waals surface area contributed by atoms with E-state index in [0.717, 1.165) is 0 Å². The van der Waals surface area contributed by atoms with E-state index in [0.29, 0.717) is 12.2 Å². The van der Waals surface area contributed by atoms with Gasteiger partial charge in [0.05, 0.1) is 12.2 Å². The van der Waals surface area contributed by atoms with Gasteiger partial charge >= 0.3 is 0 Å². The molecule has 0 aliphatic carbocycles. The summed E-state index contributed by atoms with van der Waals surface area (Å²) >= 11 is 2.06. The van der Waals surface area contributed by atoms with Crippen LogP contribution in [0.2, 0.25) is 0 Å². The number of ether oxygens (including phenoxy) is 1. The molecule has 0 amide bonds. The Morgan fingerprint density at radius 2 is 2.09 bits per heavy atom. The van der Waals surface area contributed by atoms with Gasteiger partial charge in [-0.05, 0) is 6.92 Å². The lowest BCUT2D eigenvalue weighted by Crippen LogP contribution is -2.35. The minimum Gasteiger partial charge on any atom is -0.368 e. The Hall–Kier alpha value is 0.270. The van der Waals surface area contributed by atoms with Crippen molar-refractivity contribution in [2.24, 2.45) is 0 Å². The lowest BCUT2D eigenvalue weighted by molar-refractivity contribution is 0.260. The van der Waals surface area contributed by atoms with Gasteiger partial charge in [-0.15, -0.1) is 0 Å². The van der Waals surface area contributed by atoms with Crippen LogP contribution in [0, 0.1) is 0 Å². The molecule has 0 radical (unpaired) electrons. The number of nitrogens with zero attached hydrogens (tertiary/aromatic N) is 1. The quantitative estimate of drug-likeness (QED) is 0.575. The van der Waals surface area contributed by atoms with E-state index >= 15 is 0 Å². The molecule has 3 heteroatoms. The molecule has 2 nitrogen and oxygen atoms in total. The summed E-state index contributed by atoms with van der Waals surface area (Å²) in [7, 11) is 0. The second-order valence-electron chi connectivity index (χ2n) is 3.29. The summed E-state index contributed by atoms with van der Waals surface area (Å²) in [4.78, 5) is 2.52. The summed E-state index contributed by atoms with van der Waals surface area (Å²) in [5.74, 6) is 2.61. The highest BCUT2D eigenvalue weighted by molar-refractivity contribution is 7.99. The Kier molecular flexibility index (Phi) is 2.39. The summed E-state index contributed by atoms with van der Waals surface area (Å²) in [6.45, 7) is 5.85. The summed E-state index contributed by atoms with van der Waals surface area (Å²) < 4.78 is 5.37. The Morgan fingerprint density at radius 1 is 1.45 bits per heavy atom. The predicted molar refractivity (Wildman–Crippen MR) is 48.1 cm³/mol. The van der Waals surface area contributed by atoms with Crippen LogP contribution in [0.5, 0.6) is 0 Å². The zero-order chi connectivity index (χ0) is 7.68. The van der Waals surface area contributed by atoms with Gasteiger partial charge in [0.15, 0.2) is 0 Å². The van der Waals surface area contributed by atoms with Gasteiger partial charge in [-0.25, -0.2) is 0 Å². The Bertz CT molecular complexity index is 136. The van der Waals surface area contributed by atoms with Crippen molar-refractivity contribution in [2.45, 2.75) is 19.1 Å². The van der Waals surface area contributed by atoms with Gasteiger partial charge in [-0.1, -0.05) is 0 Å². The van der Waals surface area contributed by atoms with Crippen LogP contribution in [-0.2, 0) is 4.74 Å². The van der Waals surface area contributed by atoms with Crippen molar-refractivity contribution in [1.29, 1.82) is 0 Å². The maximum Gasteiger partial charge on any atom is 0.0965 e. The molecule has 2 fully saturated rings. The highest BCUT2D eigenvalue weighted by Gasteiger charge is 2.35. The first-order valence-corrected chi connectivity index (χ1v) is 5.47. The standard InChI is InChI=1S/C8H15NOS/c1-7-8(10-7)6-9-2-4-11-5-3-9/h7-8H,2-6H2,1H3. The van der Waals surface area contributed by atoms with E-state index in [-0.39, 0.29) is 0 Å². The van der Waals surface area contributed by atoms with E-state index < -0.39 is 0 Å². The maximum absolute atomic E-state index is 5.37. The summed E-state index contributed by atoms with van der Waals surface area (Å²) in [6.07, 6.45) is 1.09. The van der Waals surface area contributed by atoms with E-state index in [1.165, 1.54) is 31.1 Å². The van der Waals surface area contributed by atoms with Gasteiger partial charge in [0.25, 0.3) is 0 Å². The Balaban J connectivity index is 1.68. The van der Waals surface area contributed by atoms with Crippen LogP contribution in [-0.4, -0.2) is 48.2 Å². The highest BCUT2D eigenvalue weighted by atomic mass is 32.2. The van der Waals surface area contributed by atoms with Gasteiger partial charge in [-0.3, -0.25) is 4.90 Å². The van der Waals surface area contributed by atoms with Gasteiger partial charge in [0.1, 0.15) is 0 Å². The first-order valence-electron chi connectivity index (χ1n) is 4.32. The highest BCUT2D eigenvalue weighted by Crippen LogP contribution is 2.23. The lowest BCUT2D eigenvalue weighted by atomic mass is 10.3. The third kappa shape index (κ3) is 2.10. The zero-order valence-electron chi connectivity index (χ0n) is 6.95. The fourth-order valence-corrected chi connectivity index (χ4v) is 2.44. The second kappa shape index (κ2) is 3.33. The molecule has 11 heavy (non-hydrogen) atoms. The topological polar surface area (TPSA) is 15.8 Å². The van der Waals surface area contributed by atoms with Crippen LogP contribution < -0.4 is 0 Å². The molecule has 2 unspecified atom stereocenters. The minimum absolute atomic E-state index is 0.532. The number of hydrogen-bond donors (Lipinski definition) is 0. The predicted octanol–water partition coefficient (Wildman–Crippen LogP) is 0.823. The molecule has 2 rings (SSSR count). The molecule has 0 aromatic carbocycles. The van der Waals surface area contributed by atoms with Gasteiger partial charge < -0.3 is 4.74 Å². The Labute approximate surface area is 72.3 Å². The van der Waals surface area contributed by atoms with Crippen molar-refractivity contribution in [3.63, 3.8) is 0 Å². The van der Waals surface area contributed by atoms with E-state index in [1.54, 1.807) is 0 Å². The summed E-state index contributed by atoms with van der Waals surface area (Å²) in [5.41, 5.74) is 0. The maximum atomic E-state index is 5.37. The SMILES string of the molecule is CC1OC1CN1CCSCC1. The average Bonchev–Trinajstić information content (AvgIpc) is 2.69. The van der Waals surface area contributed by atoms with Crippen molar-refractivity contribution in [3.05, 3.63) is 0 Å². The minimum atomic E-state index is 0.532. The summed E-state index contributed by atoms with van der Waals surface area (Å²) in [6, 6.07) is 0. The average molecular weight is 173 g/mol. The van der Waals surface area contributed by atoms with E-state index in [1.807, 2.05) is 0 Å². The molecule has 2 saturated heterocycles. The number of epoxide rings is 1. The van der Waals surface area contributed by atoms with Crippen LogP contribution in [0.4, 0.5) is 0 Å². The largest absolute Gasteiger partial charge is 0.368 e. The van der Waals surface area contributed by atoms with Crippen LogP contribution >= 0.6 is 11.8 Å². The molecular formula is C8H15NOS. The van der Waals surface area contributed by atoms with Crippen molar-refractivity contribution in [2.75, 3.05) is 31.1 Å². The van der Waals surface area contributed by atoms with Crippen molar-refractivity contribution in [1.82, 2.24) is 4.90 Å². The summed E-state index contributed by atoms with van der Waals surface area (Å²) in [5, 5.41) is 0. The van der Waals surface area contributed by atoms with Gasteiger partial charge in [0, 0.05) is 31.1 Å². The van der Waals surface area contributed by atoms with E-state index in [4.69, 9.17) is 4.74 Å². The molecule has 0 bridgehead atoms. The molecule has 0 aromatic rings. The van der Waals surface area contributed by atoms with E-state index in [9.17, 15) is 0 Å². The van der Waals surface area contributed by atoms with Crippen LogP contribution in [0.25, 0.3) is 0 Å². The monoisotopic (exact) mass is 173 g/mol. The molecule has 0 spiro atoms. The molecule has 0 saturated carbocycles. The first-order chi connectivity index (χ1) is 5.36. The molecule has 0 aromatic heterocycles. The smallest absolute Gasteiger partial charge is 0.0965 e. The fraction of sp³-hybridized carbons (Fsp3) is 1.00. The number of hydrogen-bond acceptors (Lipinski definition) is 3. The van der Waals surface area contributed by atoms with Gasteiger partial charge in [-0.2, -0.15) is 11.8 Å². The van der Waals surface area contributed by atoms with Gasteiger partial charge in [0.2, 0.25) is 0 Å². The van der Waals surface area contributed by atoms with Crippen molar-refractivity contribution in [3.8, 4) is 0 Å². The van der Waals surface area contributed by atoms with Crippen molar-refractivity contribution >= 4 is 11.8 Å².